The zero-order valence-electron chi connectivity index (χ0n) is 20.9. The van der Waals surface area contributed by atoms with Crippen LogP contribution in [-0.2, 0) is 18.5 Å². The molecule has 6 heteroatoms. The molecule has 4 aliphatic rings. The number of hydrogen-bond donors (Lipinski definition) is 2. The molecule has 2 aromatic rings. The van der Waals surface area contributed by atoms with Gasteiger partial charge in [-0.2, -0.15) is 0 Å². The van der Waals surface area contributed by atoms with E-state index in [9.17, 15) is 10.2 Å². The third-order valence-electron chi connectivity index (χ3n) is 8.64. The van der Waals surface area contributed by atoms with Crippen LogP contribution in [0.5, 0.6) is 11.5 Å². The molecule has 2 aliphatic carbocycles. The summed E-state index contributed by atoms with van der Waals surface area (Å²) in [6.45, 7) is 7.58. The van der Waals surface area contributed by atoms with Crippen molar-refractivity contribution in [3.8, 4) is 11.5 Å². The van der Waals surface area contributed by atoms with Gasteiger partial charge < -0.3 is 19.7 Å². The fourth-order valence-corrected chi connectivity index (χ4v) is 7.32. The highest BCUT2D eigenvalue weighted by molar-refractivity contribution is 5.51. The van der Waals surface area contributed by atoms with Gasteiger partial charge in [0.15, 0.2) is 0 Å². The van der Waals surface area contributed by atoms with E-state index in [2.05, 4.69) is 46.2 Å². The number of aliphatic hydroxyl groups is 2. The summed E-state index contributed by atoms with van der Waals surface area (Å²) in [5.41, 5.74) is 5.28. The largest absolute Gasteiger partial charge is 0.478 e. The van der Waals surface area contributed by atoms with E-state index in [-0.39, 0.29) is 17.6 Å². The molecule has 6 nitrogen and oxygen atoms in total. The first-order valence-corrected chi connectivity index (χ1v) is 13.2. The lowest BCUT2D eigenvalue weighted by Crippen LogP contribution is -2.38. The number of aliphatic hydroxyl groups excluding tert-OH is 2. The van der Waals surface area contributed by atoms with Gasteiger partial charge in [-0.15, -0.1) is 0 Å². The molecule has 188 valence electrons. The van der Waals surface area contributed by atoms with Crippen molar-refractivity contribution in [2.24, 2.45) is 11.8 Å². The molecule has 35 heavy (non-hydrogen) atoms. The zero-order chi connectivity index (χ0) is 24.2. The molecular weight excluding hydrogens is 440 g/mol. The summed E-state index contributed by atoms with van der Waals surface area (Å²) in [4.78, 5) is 4.36. The predicted molar refractivity (Wildman–Crippen MR) is 134 cm³/mol. The van der Waals surface area contributed by atoms with Gasteiger partial charge in [0.05, 0.1) is 12.2 Å². The number of β-amino-alcohol motifs (C(OH)–C–C–N with tert-alkyl or cyclic N) is 2. The van der Waals surface area contributed by atoms with Gasteiger partial charge in [-0.25, -0.2) is 0 Å². The van der Waals surface area contributed by atoms with E-state index in [0.717, 1.165) is 30.5 Å². The quantitative estimate of drug-likeness (QED) is 0.658. The molecule has 0 aromatic heterocycles. The van der Waals surface area contributed by atoms with E-state index in [1.54, 1.807) is 0 Å². The molecule has 6 rings (SSSR count). The number of rotatable bonds is 6. The summed E-state index contributed by atoms with van der Waals surface area (Å²) in [5.74, 6) is 3.39. The zero-order valence-corrected chi connectivity index (χ0v) is 20.9. The lowest BCUT2D eigenvalue weighted by Gasteiger charge is -2.41. The Bertz CT molecular complexity index is 1010. The Kier molecular flexibility index (Phi) is 6.04. The first-order valence-electron chi connectivity index (χ1n) is 13.2. The van der Waals surface area contributed by atoms with Crippen LogP contribution in [0.15, 0.2) is 36.4 Å². The first-order chi connectivity index (χ1) is 16.9. The standard InChI is InChI=1S/C29H38N2O4/c1-19(32)13-30-15-22-10-25(5-7-27(22)34-17-30)29(12-21-3-4-24(29)9-21)26-6-8-28-23(11-26)16-31(18-35-28)14-20(2)33/h5-8,10-11,19-21,24,32-33H,3-4,9,12-18H2,1-2H3. The number of hydrogen-bond acceptors (Lipinski definition) is 6. The maximum atomic E-state index is 9.88. The molecule has 2 fully saturated rings. The van der Waals surface area contributed by atoms with Crippen molar-refractivity contribution in [3.05, 3.63) is 58.7 Å². The Morgan fingerprint density at radius 3 is 1.83 bits per heavy atom. The van der Waals surface area contributed by atoms with Crippen LogP contribution < -0.4 is 9.47 Å². The molecule has 2 N–H and O–H groups in total. The Balaban J connectivity index is 1.37. The van der Waals surface area contributed by atoms with Crippen LogP contribution in [0.4, 0.5) is 0 Å². The van der Waals surface area contributed by atoms with Crippen LogP contribution in [0.3, 0.4) is 0 Å². The number of nitrogens with zero attached hydrogens (tertiary/aromatic N) is 2. The van der Waals surface area contributed by atoms with Crippen molar-refractivity contribution in [2.75, 3.05) is 26.6 Å². The van der Waals surface area contributed by atoms with Gasteiger partial charge in [-0.1, -0.05) is 18.6 Å². The second-order valence-electron chi connectivity index (χ2n) is 11.5. The Labute approximate surface area is 208 Å². The lowest BCUT2D eigenvalue weighted by atomic mass is 9.64. The van der Waals surface area contributed by atoms with Crippen LogP contribution in [0.2, 0.25) is 0 Å². The van der Waals surface area contributed by atoms with Gasteiger partial charge >= 0.3 is 0 Å². The highest BCUT2D eigenvalue weighted by Crippen LogP contribution is 2.60. The van der Waals surface area contributed by atoms with Crippen LogP contribution >= 0.6 is 0 Å². The first kappa shape index (κ1) is 23.3. The van der Waals surface area contributed by atoms with Gasteiger partial charge in [0, 0.05) is 42.7 Å². The number of ether oxygens (including phenoxy) is 2. The summed E-state index contributed by atoms with van der Waals surface area (Å²) in [5, 5.41) is 19.8. The van der Waals surface area contributed by atoms with Crippen molar-refractivity contribution in [3.63, 3.8) is 0 Å². The van der Waals surface area contributed by atoms with E-state index >= 15 is 0 Å². The smallest absolute Gasteiger partial charge is 0.142 e. The molecule has 0 spiro atoms. The molecule has 2 heterocycles. The minimum absolute atomic E-state index is 0.0199. The van der Waals surface area contributed by atoms with E-state index in [1.165, 1.54) is 47.9 Å². The predicted octanol–water partition coefficient (Wildman–Crippen LogP) is 3.86. The highest BCUT2D eigenvalue weighted by atomic mass is 16.5. The van der Waals surface area contributed by atoms with Crippen LogP contribution in [-0.4, -0.2) is 58.8 Å². The lowest BCUT2D eigenvalue weighted by molar-refractivity contribution is 0.0499. The van der Waals surface area contributed by atoms with Crippen LogP contribution in [0.1, 0.15) is 61.8 Å². The van der Waals surface area contributed by atoms with E-state index in [1.807, 2.05) is 13.8 Å². The van der Waals surface area contributed by atoms with E-state index in [4.69, 9.17) is 9.47 Å². The summed E-state index contributed by atoms with van der Waals surface area (Å²) in [7, 11) is 0. The van der Waals surface area contributed by atoms with E-state index in [0.29, 0.717) is 32.5 Å². The minimum atomic E-state index is -0.369. The Morgan fingerprint density at radius 2 is 1.40 bits per heavy atom. The molecule has 2 saturated carbocycles. The molecule has 0 radical (unpaired) electrons. The summed E-state index contributed by atoms with van der Waals surface area (Å²) >= 11 is 0. The van der Waals surface area contributed by atoms with Gasteiger partial charge in [0.25, 0.3) is 0 Å². The molecule has 0 amide bonds. The third kappa shape index (κ3) is 4.25. The Hall–Kier alpha value is -2.12. The van der Waals surface area contributed by atoms with Crippen molar-refractivity contribution in [1.29, 1.82) is 0 Å². The highest BCUT2D eigenvalue weighted by Gasteiger charge is 2.53. The average Bonchev–Trinajstić information content (AvgIpc) is 3.45. The third-order valence-corrected chi connectivity index (χ3v) is 8.64. The summed E-state index contributed by atoms with van der Waals surface area (Å²) in [6, 6.07) is 13.7. The van der Waals surface area contributed by atoms with Crippen molar-refractivity contribution in [2.45, 2.75) is 70.2 Å². The van der Waals surface area contributed by atoms with Gasteiger partial charge in [-0.3, -0.25) is 9.80 Å². The van der Waals surface area contributed by atoms with Crippen molar-refractivity contribution < 1.29 is 19.7 Å². The topological polar surface area (TPSA) is 65.4 Å². The van der Waals surface area contributed by atoms with Crippen molar-refractivity contribution >= 4 is 0 Å². The minimum Gasteiger partial charge on any atom is -0.478 e. The maximum absolute atomic E-state index is 9.88. The fourth-order valence-electron chi connectivity index (χ4n) is 7.32. The molecule has 0 saturated heterocycles. The monoisotopic (exact) mass is 478 g/mol. The van der Waals surface area contributed by atoms with Gasteiger partial charge in [-0.05, 0) is 80.3 Å². The van der Waals surface area contributed by atoms with Crippen LogP contribution in [0, 0.1) is 11.8 Å². The molecule has 2 aromatic carbocycles. The number of benzene rings is 2. The second kappa shape index (κ2) is 9.07. The van der Waals surface area contributed by atoms with Gasteiger partial charge in [0.1, 0.15) is 25.0 Å². The normalized spacial score (nSPS) is 29.7. The average molecular weight is 479 g/mol. The SMILES string of the molecule is CC(O)CN1COc2ccc(C3(c4ccc5c(c4)CN(CC(C)O)CO5)CC4CCC3C4)cc2C1. The summed E-state index contributed by atoms with van der Waals surface area (Å²) in [6.07, 6.45) is 4.40. The van der Waals surface area contributed by atoms with Gasteiger partial charge in [0.2, 0.25) is 0 Å². The molecule has 2 bridgehead atoms. The fraction of sp³-hybridized carbons (Fsp3) is 0.586. The van der Waals surface area contributed by atoms with Crippen molar-refractivity contribution in [1.82, 2.24) is 9.80 Å². The molecule has 4 atom stereocenters. The summed E-state index contributed by atoms with van der Waals surface area (Å²) < 4.78 is 12.1. The van der Waals surface area contributed by atoms with Crippen LogP contribution in [0.25, 0.3) is 0 Å². The molecule has 4 unspecified atom stereocenters. The Morgan fingerprint density at radius 1 is 0.857 bits per heavy atom. The maximum Gasteiger partial charge on any atom is 0.142 e. The van der Waals surface area contributed by atoms with E-state index < -0.39 is 0 Å². The molecule has 2 aliphatic heterocycles. The second-order valence-corrected chi connectivity index (χ2v) is 11.5. The number of fused-ring (bicyclic) bond motifs is 4. The molecular formula is C29H38N2O4.